The van der Waals surface area contributed by atoms with Gasteiger partial charge in [-0.1, -0.05) is 25.3 Å². The summed E-state index contributed by atoms with van der Waals surface area (Å²) >= 11 is 0. The quantitative estimate of drug-likeness (QED) is 0.679. The maximum absolute atomic E-state index is 14.6. The second-order valence-corrected chi connectivity index (χ2v) is 6.86. The summed E-state index contributed by atoms with van der Waals surface area (Å²) in [6.45, 7) is 3.29. The van der Waals surface area contributed by atoms with Crippen molar-refractivity contribution in [2.24, 2.45) is 5.92 Å². The highest BCUT2D eigenvalue weighted by Gasteiger charge is 2.35. The summed E-state index contributed by atoms with van der Waals surface area (Å²) in [5.41, 5.74) is -0.483. The Kier molecular flexibility index (Phi) is 9.13. The smallest absolute Gasteiger partial charge is 0.314 e. The first-order valence-corrected chi connectivity index (χ1v) is 8.78. The number of nitrogens with zero attached hydrogens (tertiary/aromatic N) is 1. The molecule has 0 amide bonds. The summed E-state index contributed by atoms with van der Waals surface area (Å²) < 4.78 is 53.1. The third-order valence-electron chi connectivity index (χ3n) is 5.29. The minimum Gasteiger partial charge on any atom is -0.314 e. The Bertz CT molecular complexity index is 539. The van der Waals surface area contributed by atoms with E-state index in [1.807, 2.05) is 0 Å². The number of hydrogen-bond donors (Lipinski definition) is 1. The van der Waals surface area contributed by atoms with E-state index in [4.69, 9.17) is 0 Å². The molecule has 0 spiro atoms. The topological polar surface area (TPSA) is 15.3 Å². The largest absolute Gasteiger partial charge is 0.416 e. The molecule has 2 aliphatic rings. The Labute approximate surface area is 164 Å². The zero-order chi connectivity index (χ0) is 17.2. The average molecular weight is 417 g/mol. The van der Waals surface area contributed by atoms with Gasteiger partial charge < -0.3 is 5.32 Å². The predicted octanol–water partition coefficient (Wildman–Crippen LogP) is 5.21. The van der Waals surface area contributed by atoms with Crippen molar-refractivity contribution in [1.82, 2.24) is 10.2 Å². The van der Waals surface area contributed by atoms with Crippen LogP contribution >= 0.6 is 24.8 Å². The lowest BCUT2D eigenvalue weighted by Gasteiger charge is -2.41. The summed E-state index contributed by atoms with van der Waals surface area (Å²) in [5, 5.41) is 3.28. The third kappa shape index (κ3) is 5.47. The van der Waals surface area contributed by atoms with Crippen molar-refractivity contribution >= 4 is 24.8 Å². The fourth-order valence-electron chi connectivity index (χ4n) is 4.10. The van der Waals surface area contributed by atoms with Crippen LogP contribution in [0.15, 0.2) is 18.2 Å². The van der Waals surface area contributed by atoms with Crippen LogP contribution in [-0.2, 0) is 6.18 Å². The van der Waals surface area contributed by atoms with Crippen LogP contribution in [0, 0.1) is 11.7 Å². The van der Waals surface area contributed by atoms with Crippen LogP contribution in [0.4, 0.5) is 17.6 Å². The molecular weight excluding hydrogens is 391 g/mol. The van der Waals surface area contributed by atoms with Crippen LogP contribution in [0.3, 0.4) is 0 Å². The van der Waals surface area contributed by atoms with Crippen molar-refractivity contribution in [2.45, 2.75) is 44.3 Å². The van der Waals surface area contributed by atoms with Gasteiger partial charge in [-0.25, -0.2) is 4.39 Å². The van der Waals surface area contributed by atoms with Crippen molar-refractivity contribution in [3.8, 4) is 0 Å². The van der Waals surface area contributed by atoms with Gasteiger partial charge in [-0.2, -0.15) is 13.2 Å². The van der Waals surface area contributed by atoms with Crippen LogP contribution in [0.2, 0.25) is 0 Å². The number of halogens is 6. The van der Waals surface area contributed by atoms with Crippen LogP contribution in [0.5, 0.6) is 0 Å². The first-order chi connectivity index (χ1) is 11.5. The van der Waals surface area contributed by atoms with E-state index < -0.39 is 17.6 Å². The zero-order valence-electron chi connectivity index (χ0n) is 14.5. The van der Waals surface area contributed by atoms with Crippen molar-refractivity contribution in [2.75, 3.05) is 26.2 Å². The molecule has 0 aromatic heterocycles. The Morgan fingerprint density at radius 3 is 2.15 bits per heavy atom. The molecule has 0 radical (unpaired) electrons. The summed E-state index contributed by atoms with van der Waals surface area (Å²) in [5.74, 6) is -0.401. The summed E-state index contributed by atoms with van der Waals surface area (Å²) in [4.78, 5) is 2.25. The van der Waals surface area contributed by atoms with Gasteiger partial charge in [-0.3, -0.25) is 4.90 Å². The molecule has 1 N–H and O–H groups in total. The molecule has 150 valence electrons. The molecule has 2 fully saturated rings. The molecule has 3 rings (SSSR count). The van der Waals surface area contributed by atoms with Gasteiger partial charge in [0.15, 0.2) is 0 Å². The van der Waals surface area contributed by atoms with Gasteiger partial charge in [0.2, 0.25) is 0 Å². The number of benzene rings is 1. The van der Waals surface area contributed by atoms with E-state index in [2.05, 4.69) is 10.2 Å². The normalized spacial score (nSPS) is 20.8. The van der Waals surface area contributed by atoms with E-state index >= 15 is 0 Å². The SMILES string of the molecule is Cl.Cl.Fc1cc(C(F)(F)F)ccc1[C@@H](C1CCCCC1)N1CCNCC1. The fourth-order valence-corrected chi connectivity index (χ4v) is 4.10. The first kappa shape index (κ1) is 23.5. The van der Waals surface area contributed by atoms with E-state index in [0.29, 0.717) is 17.5 Å². The molecule has 1 aromatic rings. The lowest BCUT2D eigenvalue weighted by Crippen LogP contribution is -2.47. The zero-order valence-corrected chi connectivity index (χ0v) is 16.2. The highest BCUT2D eigenvalue weighted by atomic mass is 35.5. The van der Waals surface area contributed by atoms with Gasteiger partial charge in [0.25, 0.3) is 0 Å². The maximum atomic E-state index is 14.6. The molecule has 8 heteroatoms. The monoisotopic (exact) mass is 416 g/mol. The van der Waals surface area contributed by atoms with Crippen molar-refractivity contribution in [3.63, 3.8) is 0 Å². The fraction of sp³-hybridized carbons (Fsp3) is 0.667. The first-order valence-electron chi connectivity index (χ1n) is 8.78. The summed E-state index contributed by atoms with van der Waals surface area (Å²) in [7, 11) is 0. The Balaban J connectivity index is 0.00000169. The van der Waals surface area contributed by atoms with Crippen LogP contribution in [0.25, 0.3) is 0 Å². The standard InChI is InChI=1S/C18H24F4N2.2ClH/c19-16-12-14(18(20,21)22)6-7-15(16)17(13-4-2-1-3-5-13)24-10-8-23-9-11-24;;/h6-7,12-13,17,23H,1-5,8-11H2;2*1H/t17-;;/m1../s1. The van der Waals surface area contributed by atoms with Crippen LogP contribution in [0.1, 0.15) is 49.3 Å². The number of rotatable bonds is 3. The Morgan fingerprint density at radius 1 is 1.00 bits per heavy atom. The molecule has 1 atom stereocenters. The Hall–Kier alpha value is -0.560. The van der Waals surface area contributed by atoms with Crippen molar-refractivity contribution < 1.29 is 17.6 Å². The van der Waals surface area contributed by atoms with Crippen molar-refractivity contribution in [3.05, 3.63) is 35.1 Å². The van der Waals surface area contributed by atoms with Gasteiger partial charge in [0, 0.05) is 37.8 Å². The molecule has 0 unspecified atom stereocenters. The van der Waals surface area contributed by atoms with E-state index in [1.165, 1.54) is 12.5 Å². The molecule has 2 nitrogen and oxygen atoms in total. The van der Waals surface area contributed by atoms with Gasteiger partial charge in [0.1, 0.15) is 5.82 Å². The van der Waals surface area contributed by atoms with E-state index in [1.54, 1.807) is 0 Å². The average Bonchev–Trinajstić information content (AvgIpc) is 2.58. The number of alkyl halides is 3. The molecule has 1 saturated heterocycles. The molecule has 0 bridgehead atoms. The molecule has 1 aliphatic heterocycles. The van der Waals surface area contributed by atoms with Crippen LogP contribution in [-0.4, -0.2) is 31.1 Å². The highest BCUT2D eigenvalue weighted by Crippen LogP contribution is 2.40. The second kappa shape index (κ2) is 10.1. The molecule has 1 aromatic carbocycles. The molecule has 26 heavy (non-hydrogen) atoms. The number of hydrogen-bond acceptors (Lipinski definition) is 2. The summed E-state index contributed by atoms with van der Waals surface area (Å²) in [6.07, 6.45) is 0.976. The second-order valence-electron chi connectivity index (χ2n) is 6.86. The predicted molar refractivity (Wildman–Crippen MR) is 99.7 cm³/mol. The molecular formula is C18H26Cl2F4N2. The van der Waals surface area contributed by atoms with E-state index in [0.717, 1.165) is 57.9 Å². The lowest BCUT2D eigenvalue weighted by atomic mass is 9.80. The maximum Gasteiger partial charge on any atom is 0.416 e. The molecule has 1 heterocycles. The Morgan fingerprint density at radius 2 is 1.62 bits per heavy atom. The lowest BCUT2D eigenvalue weighted by molar-refractivity contribution is -0.137. The minimum absolute atomic E-state index is 0. The van der Waals surface area contributed by atoms with Gasteiger partial charge in [-0.15, -0.1) is 24.8 Å². The van der Waals surface area contributed by atoms with E-state index in [9.17, 15) is 17.6 Å². The van der Waals surface area contributed by atoms with Crippen LogP contribution < -0.4 is 5.32 Å². The van der Waals surface area contributed by atoms with Gasteiger partial charge in [0.05, 0.1) is 5.56 Å². The van der Waals surface area contributed by atoms with Gasteiger partial charge >= 0.3 is 6.18 Å². The minimum atomic E-state index is -4.51. The van der Waals surface area contributed by atoms with Crippen molar-refractivity contribution in [1.29, 1.82) is 0 Å². The number of nitrogens with one attached hydrogen (secondary N) is 1. The summed E-state index contributed by atoms with van der Waals surface area (Å²) in [6, 6.07) is 2.93. The van der Waals surface area contributed by atoms with E-state index in [-0.39, 0.29) is 30.9 Å². The molecule has 1 saturated carbocycles. The molecule has 1 aliphatic carbocycles. The number of piperazine rings is 1. The van der Waals surface area contributed by atoms with Gasteiger partial charge in [-0.05, 0) is 30.9 Å². The highest BCUT2D eigenvalue weighted by molar-refractivity contribution is 5.85. The third-order valence-corrected chi connectivity index (χ3v) is 5.29.